The lowest BCUT2D eigenvalue weighted by molar-refractivity contribution is -0.376. The van der Waals surface area contributed by atoms with E-state index in [0.29, 0.717) is 23.3 Å². The van der Waals surface area contributed by atoms with Crippen molar-refractivity contribution in [1.29, 1.82) is 0 Å². The lowest BCUT2D eigenvalue weighted by Crippen LogP contribution is -2.54. The topological polar surface area (TPSA) is 72.9 Å². The van der Waals surface area contributed by atoms with Gasteiger partial charge in [0.15, 0.2) is 0 Å². The predicted molar refractivity (Wildman–Crippen MR) is 134 cm³/mol. The summed E-state index contributed by atoms with van der Waals surface area (Å²) in [5, 5.41) is 10.0. The van der Waals surface area contributed by atoms with Crippen LogP contribution >= 0.6 is 0 Å². The molecule has 0 aliphatic heterocycles. The van der Waals surface area contributed by atoms with Crippen molar-refractivity contribution >= 4 is 10.9 Å². The Bertz CT molecular complexity index is 1730. The number of hydrogen-bond donors (Lipinski definition) is 1. The van der Waals surface area contributed by atoms with Crippen LogP contribution in [-0.4, -0.2) is 36.6 Å². The van der Waals surface area contributed by atoms with Crippen LogP contribution in [0, 0.1) is 6.92 Å². The Balaban J connectivity index is 1.74. The van der Waals surface area contributed by atoms with Crippen molar-refractivity contribution < 1.29 is 31.4 Å². The Labute approximate surface area is 222 Å². The smallest absolute Gasteiger partial charge is 0.369 e. The highest BCUT2D eigenvalue weighted by Crippen LogP contribution is 2.50. The van der Waals surface area contributed by atoms with Crippen LogP contribution in [0.25, 0.3) is 22.3 Å². The SMILES string of the molecule is Cc1cc(C(O)(C(F)(F)F)C(F)(F)F)ccc1-n1c(Cc2ccccc2)nc2ccc(-n3ccnc3)cc2c1=O. The van der Waals surface area contributed by atoms with E-state index in [1.54, 1.807) is 65.5 Å². The molecule has 2 heterocycles. The van der Waals surface area contributed by atoms with Crippen molar-refractivity contribution in [3.05, 3.63) is 118 Å². The number of imidazole rings is 1. The number of rotatable bonds is 5. The van der Waals surface area contributed by atoms with Gasteiger partial charge in [0, 0.05) is 30.1 Å². The zero-order valence-corrected chi connectivity index (χ0v) is 20.7. The van der Waals surface area contributed by atoms with Gasteiger partial charge in [0.25, 0.3) is 11.2 Å². The molecule has 40 heavy (non-hydrogen) atoms. The van der Waals surface area contributed by atoms with Crippen LogP contribution in [0.3, 0.4) is 0 Å². The molecule has 0 atom stereocenters. The number of aromatic nitrogens is 4. The van der Waals surface area contributed by atoms with Crippen molar-refractivity contribution in [3.8, 4) is 11.4 Å². The normalized spacial score (nSPS) is 12.7. The van der Waals surface area contributed by atoms with E-state index in [1.807, 2.05) is 0 Å². The fourth-order valence-electron chi connectivity index (χ4n) is 4.56. The fourth-order valence-corrected chi connectivity index (χ4v) is 4.56. The third-order valence-corrected chi connectivity index (χ3v) is 6.60. The summed E-state index contributed by atoms with van der Waals surface area (Å²) in [7, 11) is 0. The molecule has 3 aromatic carbocycles. The zero-order chi connectivity index (χ0) is 28.9. The molecule has 0 aliphatic rings. The number of nitrogens with zero attached hydrogens (tertiary/aromatic N) is 4. The summed E-state index contributed by atoms with van der Waals surface area (Å²) >= 11 is 0. The summed E-state index contributed by atoms with van der Waals surface area (Å²) in [5.41, 5.74) is -5.44. The van der Waals surface area contributed by atoms with Gasteiger partial charge in [-0.3, -0.25) is 9.36 Å². The lowest BCUT2D eigenvalue weighted by atomic mass is 9.90. The van der Waals surface area contributed by atoms with E-state index in [4.69, 9.17) is 0 Å². The average Bonchev–Trinajstić information content (AvgIpc) is 3.43. The Morgan fingerprint density at radius 1 is 0.900 bits per heavy atom. The first kappa shape index (κ1) is 27.1. The number of benzene rings is 3. The van der Waals surface area contributed by atoms with Crippen LogP contribution in [0.15, 0.2) is 90.2 Å². The zero-order valence-electron chi connectivity index (χ0n) is 20.7. The van der Waals surface area contributed by atoms with Crippen LogP contribution in [-0.2, 0) is 12.0 Å². The quantitative estimate of drug-likeness (QED) is 0.278. The molecule has 6 nitrogen and oxygen atoms in total. The molecule has 5 aromatic rings. The van der Waals surface area contributed by atoms with E-state index in [0.717, 1.165) is 11.6 Å². The van der Waals surface area contributed by atoms with Gasteiger partial charge in [0.2, 0.25) is 0 Å². The van der Waals surface area contributed by atoms with E-state index in [-0.39, 0.29) is 28.9 Å². The molecule has 0 radical (unpaired) electrons. The van der Waals surface area contributed by atoms with Crippen LogP contribution in [0.1, 0.15) is 22.5 Å². The molecule has 0 amide bonds. The second-order valence-electron chi connectivity index (χ2n) is 9.21. The first-order valence-corrected chi connectivity index (χ1v) is 11.9. The van der Waals surface area contributed by atoms with Crippen molar-refractivity contribution in [2.75, 3.05) is 0 Å². The first-order valence-electron chi connectivity index (χ1n) is 11.9. The maximum Gasteiger partial charge on any atom is 0.430 e. The lowest BCUT2D eigenvalue weighted by Gasteiger charge is -2.33. The molecular weight excluding hydrogens is 538 g/mol. The molecule has 5 rings (SSSR count). The maximum atomic E-state index is 13.9. The number of halogens is 6. The summed E-state index contributed by atoms with van der Waals surface area (Å²) in [6, 6.07) is 16.0. The Hall–Kier alpha value is -4.45. The minimum Gasteiger partial charge on any atom is -0.369 e. The fraction of sp³-hybridized carbons (Fsp3) is 0.179. The molecule has 2 aromatic heterocycles. The summed E-state index contributed by atoms with van der Waals surface area (Å²) in [5.74, 6) is 0.219. The van der Waals surface area contributed by atoms with Gasteiger partial charge in [-0.2, -0.15) is 26.3 Å². The van der Waals surface area contributed by atoms with Crippen LogP contribution in [0.5, 0.6) is 0 Å². The van der Waals surface area contributed by atoms with Gasteiger partial charge in [0.1, 0.15) is 5.82 Å². The number of hydrogen-bond acceptors (Lipinski definition) is 4. The van der Waals surface area contributed by atoms with Crippen molar-refractivity contribution in [2.45, 2.75) is 31.3 Å². The third-order valence-electron chi connectivity index (χ3n) is 6.60. The van der Waals surface area contributed by atoms with E-state index >= 15 is 0 Å². The largest absolute Gasteiger partial charge is 0.430 e. The van der Waals surface area contributed by atoms with Gasteiger partial charge in [-0.25, -0.2) is 9.97 Å². The van der Waals surface area contributed by atoms with Gasteiger partial charge in [-0.15, -0.1) is 0 Å². The second-order valence-corrected chi connectivity index (χ2v) is 9.21. The average molecular weight is 558 g/mol. The van der Waals surface area contributed by atoms with E-state index in [9.17, 15) is 36.2 Å². The summed E-state index contributed by atoms with van der Waals surface area (Å²) in [4.78, 5) is 22.5. The first-order chi connectivity index (χ1) is 18.8. The molecule has 0 fully saturated rings. The highest BCUT2D eigenvalue weighted by atomic mass is 19.4. The van der Waals surface area contributed by atoms with Gasteiger partial charge in [0.05, 0.1) is 22.9 Å². The Kier molecular flexibility index (Phi) is 6.53. The molecule has 0 saturated heterocycles. The van der Waals surface area contributed by atoms with Gasteiger partial charge in [-0.1, -0.05) is 42.5 Å². The molecule has 1 N–H and O–H groups in total. The summed E-state index contributed by atoms with van der Waals surface area (Å²) in [6.07, 6.45) is -7.18. The monoisotopic (exact) mass is 558 g/mol. The highest BCUT2D eigenvalue weighted by Gasteiger charge is 2.71. The van der Waals surface area contributed by atoms with Crippen molar-refractivity contribution in [3.63, 3.8) is 0 Å². The summed E-state index contributed by atoms with van der Waals surface area (Å²) < 4.78 is 83.8. The minimum absolute atomic E-state index is 0.0221. The van der Waals surface area contributed by atoms with Gasteiger partial charge in [-0.05, 0) is 42.3 Å². The van der Waals surface area contributed by atoms with E-state index < -0.39 is 29.1 Å². The number of fused-ring (bicyclic) bond motifs is 1. The number of aryl methyl sites for hydroxylation is 1. The number of aliphatic hydroxyl groups is 1. The molecule has 0 saturated carbocycles. The number of alkyl halides is 6. The third kappa shape index (κ3) is 4.53. The Morgan fingerprint density at radius 2 is 1.60 bits per heavy atom. The van der Waals surface area contributed by atoms with E-state index in [2.05, 4.69) is 9.97 Å². The minimum atomic E-state index is -6.04. The van der Waals surface area contributed by atoms with Gasteiger partial charge < -0.3 is 9.67 Å². The standard InChI is InChI=1S/C28H20F6N4O2/c1-17-13-19(26(40,27(29,30)31)28(32,33)34)7-10-23(17)38-24(14-18-5-3-2-4-6-18)36-22-9-8-20(15-21(22)25(38)39)37-12-11-35-16-37/h2-13,15-16,40H,14H2,1H3. The predicted octanol–water partition coefficient (Wildman–Crippen LogP) is 5.78. The Morgan fingerprint density at radius 3 is 2.20 bits per heavy atom. The molecule has 12 heteroatoms. The highest BCUT2D eigenvalue weighted by molar-refractivity contribution is 5.80. The molecule has 0 spiro atoms. The second kappa shape index (κ2) is 9.63. The van der Waals surface area contributed by atoms with Crippen LogP contribution in [0.2, 0.25) is 0 Å². The van der Waals surface area contributed by atoms with Gasteiger partial charge >= 0.3 is 12.4 Å². The molecule has 0 unspecified atom stereocenters. The molecular formula is C28H20F6N4O2. The van der Waals surface area contributed by atoms with Crippen LogP contribution < -0.4 is 5.56 Å². The molecule has 0 aliphatic carbocycles. The van der Waals surface area contributed by atoms with Crippen molar-refractivity contribution in [1.82, 2.24) is 19.1 Å². The molecule has 206 valence electrons. The molecule has 0 bridgehead atoms. The summed E-state index contributed by atoms with van der Waals surface area (Å²) in [6.45, 7) is 1.26. The van der Waals surface area contributed by atoms with Crippen LogP contribution in [0.4, 0.5) is 26.3 Å². The maximum absolute atomic E-state index is 13.9. The van der Waals surface area contributed by atoms with E-state index in [1.165, 1.54) is 17.8 Å². The van der Waals surface area contributed by atoms with Crippen molar-refractivity contribution in [2.24, 2.45) is 0 Å².